The molecule has 4 heteroatoms. The van der Waals surface area contributed by atoms with Gasteiger partial charge in [-0.1, -0.05) is 29.8 Å². The molecule has 2 nitrogen and oxygen atoms in total. The molecule has 0 aliphatic carbocycles. The van der Waals surface area contributed by atoms with Crippen LogP contribution in [0.5, 0.6) is 0 Å². The summed E-state index contributed by atoms with van der Waals surface area (Å²) in [6.45, 7) is 2.06. The van der Waals surface area contributed by atoms with Gasteiger partial charge in [0.1, 0.15) is 5.82 Å². The Labute approximate surface area is 118 Å². The predicted molar refractivity (Wildman–Crippen MR) is 79.0 cm³/mol. The van der Waals surface area contributed by atoms with Crippen LogP contribution in [-0.2, 0) is 0 Å². The minimum absolute atomic E-state index is 0.685. The number of aryl methyl sites for hydroxylation is 1. The molecule has 0 fully saturated rings. The van der Waals surface area contributed by atoms with Crippen LogP contribution in [0, 0.1) is 6.92 Å². The largest absolute Gasteiger partial charge is 0.338 e. The van der Waals surface area contributed by atoms with E-state index in [1.165, 1.54) is 5.56 Å². The molecule has 90 valence electrons. The number of halogens is 2. The van der Waals surface area contributed by atoms with Crippen molar-refractivity contribution >= 4 is 38.6 Å². The summed E-state index contributed by atoms with van der Waals surface area (Å²) in [4.78, 5) is 7.94. The number of nitrogens with one attached hydrogen (secondary N) is 1. The second kappa shape index (κ2) is 4.41. The number of aromatic nitrogens is 2. The number of fused-ring (bicyclic) bond motifs is 1. The first-order valence-corrected chi connectivity index (χ1v) is 6.73. The third kappa shape index (κ3) is 1.93. The van der Waals surface area contributed by atoms with Gasteiger partial charge < -0.3 is 4.98 Å². The molecule has 0 aliphatic rings. The van der Waals surface area contributed by atoms with E-state index < -0.39 is 0 Å². The smallest absolute Gasteiger partial charge is 0.138 e. The van der Waals surface area contributed by atoms with E-state index in [1.54, 1.807) is 0 Å². The molecule has 0 saturated heterocycles. The van der Waals surface area contributed by atoms with Crippen LogP contribution in [0.25, 0.3) is 22.4 Å². The van der Waals surface area contributed by atoms with E-state index >= 15 is 0 Å². The Hall–Kier alpha value is -1.32. The molecule has 0 amide bonds. The SMILES string of the molecule is Cc1cccc2[nH]c(-c3ccc(Br)c(Cl)c3)nc12. The molecule has 2 aromatic carbocycles. The van der Waals surface area contributed by atoms with Gasteiger partial charge in [-0.25, -0.2) is 4.98 Å². The first-order chi connectivity index (χ1) is 8.65. The number of rotatable bonds is 1. The van der Waals surface area contributed by atoms with Gasteiger partial charge in [-0.15, -0.1) is 0 Å². The number of hydrogen-bond acceptors (Lipinski definition) is 1. The first kappa shape index (κ1) is 11.8. The average molecular weight is 322 g/mol. The number of nitrogens with zero attached hydrogens (tertiary/aromatic N) is 1. The third-order valence-corrected chi connectivity index (χ3v) is 4.14. The summed E-state index contributed by atoms with van der Waals surface area (Å²) in [5.74, 6) is 0.841. The molecule has 0 unspecified atom stereocenters. The molecule has 1 heterocycles. The summed E-state index contributed by atoms with van der Waals surface area (Å²) in [7, 11) is 0. The number of imidazole rings is 1. The lowest BCUT2D eigenvalue weighted by molar-refractivity contribution is 1.33. The predicted octanol–water partition coefficient (Wildman–Crippen LogP) is 4.95. The highest BCUT2D eigenvalue weighted by Crippen LogP contribution is 2.29. The van der Waals surface area contributed by atoms with Crippen molar-refractivity contribution in [3.05, 3.63) is 51.5 Å². The summed E-state index contributed by atoms with van der Waals surface area (Å²) in [5, 5.41) is 0.685. The lowest BCUT2D eigenvalue weighted by Gasteiger charge is -1.99. The lowest BCUT2D eigenvalue weighted by atomic mass is 10.2. The molecule has 0 saturated carbocycles. The molecule has 3 rings (SSSR count). The van der Waals surface area contributed by atoms with E-state index in [2.05, 4.69) is 38.9 Å². The van der Waals surface area contributed by atoms with Gasteiger partial charge in [-0.05, 0) is 46.6 Å². The number of hydrogen-bond donors (Lipinski definition) is 1. The van der Waals surface area contributed by atoms with Crippen LogP contribution in [0.15, 0.2) is 40.9 Å². The summed E-state index contributed by atoms with van der Waals surface area (Å²) < 4.78 is 0.889. The maximum atomic E-state index is 6.11. The Kier molecular flexibility index (Phi) is 2.88. The summed E-state index contributed by atoms with van der Waals surface area (Å²) in [5.41, 5.74) is 4.20. The fourth-order valence-corrected chi connectivity index (χ4v) is 2.38. The first-order valence-electron chi connectivity index (χ1n) is 5.56. The van der Waals surface area contributed by atoms with E-state index in [1.807, 2.05) is 30.3 Å². The van der Waals surface area contributed by atoms with Gasteiger partial charge in [0.2, 0.25) is 0 Å². The fourth-order valence-electron chi connectivity index (χ4n) is 1.96. The van der Waals surface area contributed by atoms with Gasteiger partial charge in [0.25, 0.3) is 0 Å². The van der Waals surface area contributed by atoms with Crippen LogP contribution in [0.4, 0.5) is 0 Å². The molecular formula is C14H10BrClN2. The third-order valence-electron chi connectivity index (χ3n) is 2.91. The van der Waals surface area contributed by atoms with Crippen molar-refractivity contribution in [3.63, 3.8) is 0 Å². The van der Waals surface area contributed by atoms with Crippen molar-refractivity contribution in [2.24, 2.45) is 0 Å². The highest BCUT2D eigenvalue weighted by molar-refractivity contribution is 9.10. The molecule has 0 bridgehead atoms. The maximum absolute atomic E-state index is 6.11. The number of aromatic amines is 1. The lowest BCUT2D eigenvalue weighted by Crippen LogP contribution is -1.81. The van der Waals surface area contributed by atoms with E-state index in [4.69, 9.17) is 11.6 Å². The van der Waals surface area contributed by atoms with Crippen molar-refractivity contribution in [1.82, 2.24) is 9.97 Å². The maximum Gasteiger partial charge on any atom is 0.138 e. The van der Waals surface area contributed by atoms with Crippen LogP contribution in [0.2, 0.25) is 5.02 Å². The van der Waals surface area contributed by atoms with Gasteiger partial charge in [0, 0.05) is 10.0 Å². The quantitative estimate of drug-likeness (QED) is 0.674. The van der Waals surface area contributed by atoms with Gasteiger partial charge in [0.15, 0.2) is 0 Å². The Bertz CT molecular complexity index is 734. The van der Waals surface area contributed by atoms with Crippen LogP contribution in [-0.4, -0.2) is 9.97 Å². The highest BCUT2D eigenvalue weighted by atomic mass is 79.9. The Morgan fingerprint density at radius 3 is 2.78 bits per heavy atom. The second-order valence-electron chi connectivity index (χ2n) is 4.19. The monoisotopic (exact) mass is 320 g/mol. The van der Waals surface area contributed by atoms with Crippen LogP contribution >= 0.6 is 27.5 Å². The topological polar surface area (TPSA) is 28.7 Å². The van der Waals surface area contributed by atoms with Crippen molar-refractivity contribution < 1.29 is 0 Å². The highest BCUT2D eigenvalue weighted by Gasteiger charge is 2.08. The standard InChI is InChI=1S/C14H10BrClN2/c1-8-3-2-4-12-13(8)18-14(17-12)9-5-6-10(15)11(16)7-9/h2-7H,1H3,(H,17,18). The van der Waals surface area contributed by atoms with E-state index in [-0.39, 0.29) is 0 Å². The molecule has 0 aliphatic heterocycles. The molecule has 1 N–H and O–H groups in total. The Morgan fingerprint density at radius 2 is 2.06 bits per heavy atom. The van der Waals surface area contributed by atoms with Crippen molar-refractivity contribution in [1.29, 1.82) is 0 Å². The van der Waals surface area contributed by atoms with Crippen molar-refractivity contribution in [2.45, 2.75) is 6.92 Å². The molecular weight excluding hydrogens is 312 g/mol. The summed E-state index contributed by atoms with van der Waals surface area (Å²) in [6, 6.07) is 11.9. The number of H-pyrrole nitrogens is 1. The molecule has 18 heavy (non-hydrogen) atoms. The number of benzene rings is 2. The second-order valence-corrected chi connectivity index (χ2v) is 5.45. The van der Waals surface area contributed by atoms with E-state index in [9.17, 15) is 0 Å². The number of para-hydroxylation sites is 1. The van der Waals surface area contributed by atoms with Crippen LogP contribution in [0.1, 0.15) is 5.56 Å². The van der Waals surface area contributed by atoms with Gasteiger partial charge >= 0.3 is 0 Å². The molecule has 0 radical (unpaired) electrons. The van der Waals surface area contributed by atoms with Crippen LogP contribution in [0.3, 0.4) is 0 Å². The normalized spacial score (nSPS) is 11.1. The minimum Gasteiger partial charge on any atom is -0.338 e. The molecule has 3 aromatic rings. The molecule has 0 atom stereocenters. The zero-order valence-electron chi connectivity index (χ0n) is 9.67. The van der Waals surface area contributed by atoms with Crippen molar-refractivity contribution in [2.75, 3.05) is 0 Å². The molecule has 0 spiro atoms. The van der Waals surface area contributed by atoms with Crippen molar-refractivity contribution in [3.8, 4) is 11.4 Å². The Balaban J connectivity index is 2.19. The zero-order chi connectivity index (χ0) is 12.7. The zero-order valence-corrected chi connectivity index (χ0v) is 12.0. The Morgan fingerprint density at radius 1 is 1.22 bits per heavy atom. The van der Waals surface area contributed by atoms with E-state index in [0.717, 1.165) is 26.9 Å². The fraction of sp³-hybridized carbons (Fsp3) is 0.0714. The van der Waals surface area contributed by atoms with Gasteiger partial charge in [-0.3, -0.25) is 0 Å². The summed E-state index contributed by atoms with van der Waals surface area (Å²) in [6.07, 6.45) is 0. The van der Waals surface area contributed by atoms with Gasteiger partial charge in [0.05, 0.1) is 16.1 Å². The minimum atomic E-state index is 0.685. The summed E-state index contributed by atoms with van der Waals surface area (Å²) >= 11 is 9.49. The average Bonchev–Trinajstić information content (AvgIpc) is 2.78. The van der Waals surface area contributed by atoms with E-state index in [0.29, 0.717) is 5.02 Å². The van der Waals surface area contributed by atoms with Gasteiger partial charge in [-0.2, -0.15) is 0 Å². The van der Waals surface area contributed by atoms with Crippen LogP contribution < -0.4 is 0 Å². The molecule has 1 aromatic heterocycles.